The predicted molar refractivity (Wildman–Crippen MR) is 74.8 cm³/mol. The van der Waals surface area contributed by atoms with E-state index in [1.807, 2.05) is 0 Å². The normalized spacial score (nSPS) is 9.95. The summed E-state index contributed by atoms with van der Waals surface area (Å²) in [6.07, 6.45) is 3.04. The molecule has 0 saturated heterocycles. The average Bonchev–Trinajstić information content (AvgIpc) is 2.42. The van der Waals surface area contributed by atoms with Gasteiger partial charge in [-0.05, 0) is 12.1 Å². The molecule has 0 saturated carbocycles. The van der Waals surface area contributed by atoms with Crippen molar-refractivity contribution in [3.8, 4) is 0 Å². The first kappa shape index (κ1) is 12.8. The molecule has 0 radical (unpaired) electrons. The van der Waals surface area contributed by atoms with E-state index < -0.39 is 0 Å². The van der Waals surface area contributed by atoms with Crippen molar-refractivity contribution in [1.82, 2.24) is 9.97 Å². The van der Waals surface area contributed by atoms with Crippen molar-refractivity contribution in [2.24, 2.45) is 0 Å². The first-order valence-corrected chi connectivity index (χ1v) is 5.69. The van der Waals surface area contributed by atoms with Crippen LogP contribution in [-0.4, -0.2) is 16.5 Å². The van der Waals surface area contributed by atoms with Crippen molar-refractivity contribution in [2.75, 3.05) is 22.9 Å². The van der Waals surface area contributed by atoms with Crippen LogP contribution < -0.4 is 16.4 Å². The summed E-state index contributed by atoms with van der Waals surface area (Å²) in [4.78, 5) is 8.02. The molecular weight excluding hydrogens is 245 g/mol. The number of rotatable bonds is 5. The number of para-hydroxylation sites is 1. The molecule has 1 aromatic heterocycles. The lowest BCUT2D eigenvalue weighted by Gasteiger charge is -2.12. The van der Waals surface area contributed by atoms with Gasteiger partial charge >= 0.3 is 0 Å². The molecule has 4 N–H and O–H groups in total. The summed E-state index contributed by atoms with van der Waals surface area (Å²) in [5.41, 5.74) is 6.55. The monoisotopic (exact) mass is 259 g/mol. The highest BCUT2D eigenvalue weighted by molar-refractivity contribution is 5.77. The number of nitrogen functional groups attached to an aromatic ring is 1. The van der Waals surface area contributed by atoms with Gasteiger partial charge in [-0.2, -0.15) is 0 Å². The third-order valence-corrected chi connectivity index (χ3v) is 2.42. The van der Waals surface area contributed by atoms with Gasteiger partial charge in [-0.1, -0.05) is 18.2 Å². The predicted octanol–water partition coefficient (Wildman–Crippen LogP) is 2.54. The second-order valence-electron chi connectivity index (χ2n) is 3.76. The number of anilines is 4. The SMILES string of the molecule is C=CCNc1ncnc(Nc2ccccc2F)c1N. The zero-order chi connectivity index (χ0) is 13.7. The van der Waals surface area contributed by atoms with Gasteiger partial charge in [-0.3, -0.25) is 0 Å². The number of halogens is 1. The Bertz CT molecular complexity index is 585. The smallest absolute Gasteiger partial charge is 0.159 e. The van der Waals surface area contributed by atoms with Crippen LogP contribution in [0, 0.1) is 5.82 Å². The van der Waals surface area contributed by atoms with Gasteiger partial charge in [0.1, 0.15) is 17.8 Å². The van der Waals surface area contributed by atoms with Gasteiger partial charge < -0.3 is 16.4 Å². The lowest BCUT2D eigenvalue weighted by atomic mass is 10.3. The van der Waals surface area contributed by atoms with Crippen molar-refractivity contribution in [2.45, 2.75) is 0 Å². The van der Waals surface area contributed by atoms with Gasteiger partial charge in [-0.25, -0.2) is 14.4 Å². The molecule has 0 aliphatic heterocycles. The van der Waals surface area contributed by atoms with E-state index >= 15 is 0 Å². The van der Waals surface area contributed by atoms with E-state index in [-0.39, 0.29) is 5.82 Å². The molecule has 0 spiro atoms. The zero-order valence-electron chi connectivity index (χ0n) is 10.2. The number of nitrogens with zero attached hydrogens (tertiary/aromatic N) is 2. The van der Waals surface area contributed by atoms with Gasteiger partial charge in [0, 0.05) is 6.54 Å². The Morgan fingerprint density at radius 3 is 2.74 bits per heavy atom. The van der Waals surface area contributed by atoms with Crippen LogP contribution in [-0.2, 0) is 0 Å². The third kappa shape index (κ3) is 2.98. The Labute approximate surface area is 110 Å². The topological polar surface area (TPSA) is 75.9 Å². The molecule has 2 rings (SSSR count). The van der Waals surface area contributed by atoms with E-state index in [0.29, 0.717) is 29.6 Å². The van der Waals surface area contributed by atoms with Crippen molar-refractivity contribution in [3.05, 3.63) is 49.1 Å². The van der Waals surface area contributed by atoms with Crippen LogP contribution in [0.25, 0.3) is 0 Å². The van der Waals surface area contributed by atoms with Gasteiger partial charge in [0.05, 0.1) is 5.69 Å². The van der Waals surface area contributed by atoms with Crippen LogP contribution in [0.4, 0.5) is 27.4 Å². The van der Waals surface area contributed by atoms with Crippen LogP contribution in [0.3, 0.4) is 0 Å². The van der Waals surface area contributed by atoms with Gasteiger partial charge in [0.2, 0.25) is 0 Å². The zero-order valence-corrected chi connectivity index (χ0v) is 10.2. The van der Waals surface area contributed by atoms with E-state index in [2.05, 4.69) is 27.2 Å². The molecule has 5 nitrogen and oxygen atoms in total. The Hall–Kier alpha value is -2.63. The number of nitrogens with two attached hydrogens (primary N) is 1. The molecule has 98 valence electrons. The molecule has 2 aromatic rings. The number of hydrogen-bond donors (Lipinski definition) is 3. The maximum atomic E-state index is 13.5. The summed E-state index contributed by atoms with van der Waals surface area (Å²) in [5.74, 6) is 0.460. The minimum Gasteiger partial charge on any atom is -0.393 e. The highest BCUT2D eigenvalue weighted by Crippen LogP contribution is 2.26. The highest BCUT2D eigenvalue weighted by atomic mass is 19.1. The Morgan fingerprint density at radius 2 is 2.00 bits per heavy atom. The summed E-state index contributed by atoms with van der Waals surface area (Å²) >= 11 is 0. The Kier molecular flexibility index (Phi) is 3.92. The first-order chi connectivity index (χ1) is 9.22. The minimum atomic E-state index is -0.374. The van der Waals surface area contributed by atoms with Crippen LogP contribution in [0.5, 0.6) is 0 Å². The summed E-state index contributed by atoms with van der Waals surface area (Å²) in [7, 11) is 0. The molecule has 0 atom stereocenters. The van der Waals surface area contributed by atoms with E-state index in [0.717, 1.165) is 0 Å². The maximum Gasteiger partial charge on any atom is 0.159 e. The number of nitrogens with one attached hydrogen (secondary N) is 2. The fourth-order valence-corrected chi connectivity index (χ4v) is 1.50. The molecule has 6 heteroatoms. The number of benzene rings is 1. The largest absolute Gasteiger partial charge is 0.393 e. The van der Waals surface area contributed by atoms with E-state index in [1.54, 1.807) is 24.3 Å². The number of aromatic nitrogens is 2. The Balaban J connectivity index is 2.26. The van der Waals surface area contributed by atoms with Crippen LogP contribution in [0.2, 0.25) is 0 Å². The molecule has 0 amide bonds. The Morgan fingerprint density at radius 1 is 1.26 bits per heavy atom. The van der Waals surface area contributed by atoms with Gasteiger partial charge in [0.15, 0.2) is 11.6 Å². The van der Waals surface area contributed by atoms with Gasteiger partial charge in [0.25, 0.3) is 0 Å². The molecular formula is C13H14FN5. The fraction of sp³-hybridized carbons (Fsp3) is 0.0769. The van der Waals surface area contributed by atoms with Crippen molar-refractivity contribution >= 4 is 23.0 Å². The molecule has 0 fully saturated rings. The summed E-state index contributed by atoms with van der Waals surface area (Å²) in [6.45, 7) is 4.12. The van der Waals surface area contributed by atoms with Crippen LogP contribution in [0.1, 0.15) is 0 Å². The molecule has 0 aliphatic carbocycles. The fourth-order valence-electron chi connectivity index (χ4n) is 1.50. The first-order valence-electron chi connectivity index (χ1n) is 5.69. The standard InChI is InChI=1S/C13H14FN5/c1-2-7-16-12-11(15)13(18-8-17-12)19-10-6-4-3-5-9(10)14/h2-6,8H,1,7,15H2,(H2,16,17,18,19). The summed E-state index contributed by atoms with van der Waals surface area (Å²) in [6, 6.07) is 6.30. The molecule has 0 bridgehead atoms. The molecule has 1 aromatic carbocycles. The summed E-state index contributed by atoms with van der Waals surface area (Å²) < 4.78 is 13.5. The lowest BCUT2D eigenvalue weighted by molar-refractivity contribution is 0.632. The third-order valence-electron chi connectivity index (χ3n) is 2.42. The van der Waals surface area contributed by atoms with Crippen molar-refractivity contribution in [3.63, 3.8) is 0 Å². The van der Waals surface area contributed by atoms with Gasteiger partial charge in [-0.15, -0.1) is 6.58 Å². The molecule has 0 aliphatic rings. The second-order valence-corrected chi connectivity index (χ2v) is 3.76. The maximum absolute atomic E-state index is 13.5. The van der Waals surface area contributed by atoms with E-state index in [4.69, 9.17) is 5.73 Å². The van der Waals surface area contributed by atoms with E-state index in [1.165, 1.54) is 12.4 Å². The summed E-state index contributed by atoms with van der Waals surface area (Å²) in [5, 5.41) is 5.82. The average molecular weight is 259 g/mol. The van der Waals surface area contributed by atoms with E-state index in [9.17, 15) is 4.39 Å². The quantitative estimate of drug-likeness (QED) is 0.719. The molecule has 0 unspecified atom stereocenters. The van der Waals surface area contributed by atoms with Crippen LogP contribution in [0.15, 0.2) is 43.2 Å². The second kappa shape index (κ2) is 5.81. The lowest BCUT2D eigenvalue weighted by Crippen LogP contribution is -2.08. The molecule has 19 heavy (non-hydrogen) atoms. The minimum absolute atomic E-state index is 0.308. The van der Waals surface area contributed by atoms with Crippen molar-refractivity contribution < 1.29 is 4.39 Å². The number of hydrogen-bond acceptors (Lipinski definition) is 5. The molecule has 1 heterocycles. The van der Waals surface area contributed by atoms with Crippen molar-refractivity contribution in [1.29, 1.82) is 0 Å². The highest BCUT2D eigenvalue weighted by Gasteiger charge is 2.09. The van der Waals surface area contributed by atoms with Crippen LogP contribution >= 0.6 is 0 Å².